The fourth-order valence-corrected chi connectivity index (χ4v) is 26.0. The molecule has 31 rings (SSSR count). The molecule has 0 unspecified atom stereocenters. The maximum absolute atomic E-state index is 6.50. The van der Waals surface area contributed by atoms with E-state index in [1.54, 1.807) is 34.0 Å². The average molecular weight is 1880 g/mol. The van der Waals surface area contributed by atoms with Gasteiger partial charge in [-0.2, -0.15) is 0 Å². The van der Waals surface area contributed by atoms with Gasteiger partial charge in [-0.3, -0.25) is 0 Å². The summed E-state index contributed by atoms with van der Waals surface area (Å²) < 4.78 is 19.7. The van der Waals surface area contributed by atoms with E-state index in [0.717, 1.165) is 165 Å². The van der Waals surface area contributed by atoms with Gasteiger partial charge in [-0.1, -0.05) is 317 Å². The smallest absolute Gasteiger partial charge is 0.161 e. The first kappa shape index (κ1) is 82.2. The van der Waals surface area contributed by atoms with Crippen molar-refractivity contribution < 1.29 is 4.42 Å². The van der Waals surface area contributed by atoms with Crippen LogP contribution in [0.3, 0.4) is 0 Å². The minimum Gasteiger partial charge on any atom is -0.455 e. The van der Waals surface area contributed by atoms with E-state index < -0.39 is 0 Å². The SMILES string of the molecule is CC1(C)c2ccccc2-c2ccc3c(c21)c1ccccc1n3-c1ccc(-c2nc(-c3ccccc3)c3c(n2)sc2ccccc23)cc1.c1ccc(-c2nc(-c3ccc(-n4c5ccccc5c5c4ccc4c6ccccc6n(-c6ccccc6)c45)cc3)nc3sc4ccccc4c23)cc1.c1ccc(-c2nc(-c3cccc(-n4c5ccccc5c5c6oc7ccccc7c6ccc54)c3)nc3sc4ccccc4c23)cc1. The lowest BCUT2D eigenvalue weighted by molar-refractivity contribution is 0.666. The van der Waals surface area contributed by atoms with E-state index in [4.69, 9.17) is 34.3 Å². The van der Waals surface area contributed by atoms with Crippen LogP contribution in [-0.2, 0) is 5.41 Å². The molecule has 1 aliphatic carbocycles. The number of thiophene rings is 3. The molecule has 0 aliphatic heterocycles. The quantitative estimate of drug-likeness (QED) is 0.134. The maximum Gasteiger partial charge on any atom is 0.161 e. The highest BCUT2D eigenvalue weighted by molar-refractivity contribution is 7.26. The number of fused-ring (bicyclic) bond motifs is 30. The van der Waals surface area contributed by atoms with E-state index in [1.165, 1.54) is 118 Å². The molecule has 11 heterocycles. The molecule has 19 aromatic carbocycles. The Hall–Kier alpha value is -17.9. The molecular formula is C129H80N10OS3. The topological polar surface area (TPSA) is 110 Å². The standard InChI is InChI=1S/C46H28N4S.C43H29N3S.C40H23N3OS/c1-3-13-29(14-4-1)43-42-36-19-9-12-22-40(36)51-46(42)48-45(47-43)30-23-25-32(26-24-30)49-38-21-11-8-18-35(38)41-39(49)28-27-34-33-17-7-10-20-37(33)50(44(34)41)31-15-5-2-6-16-31;1-43(2)33-17-9-6-14-29(33)30-24-25-35-37(39(30)43)31-15-7-10-18-34(31)46(35)28-22-20-27(21-23-28)41-44-40(26-12-4-3-5-13-26)38-32-16-8-11-19-36(32)47-42(38)45-41;1-2-11-24(12-3-1)37-36-30-17-6-9-20-34(30)45-40(36)42-39(41-37)25-13-10-14-26(23-25)43-31-18-7-4-16-29(31)35-32(43)22-21-28-27-15-5-8-19-33(27)44-38(28)35/h1-28H;3-25H,1-2H3;1-23H. The van der Waals surface area contributed by atoms with Crippen LogP contribution in [0.5, 0.6) is 0 Å². The van der Waals surface area contributed by atoms with Crippen LogP contribution < -0.4 is 0 Å². The van der Waals surface area contributed by atoms with Gasteiger partial charge >= 0.3 is 0 Å². The van der Waals surface area contributed by atoms with E-state index in [9.17, 15) is 0 Å². The van der Waals surface area contributed by atoms with Crippen LogP contribution >= 0.6 is 34.0 Å². The van der Waals surface area contributed by atoms with Crippen molar-refractivity contribution in [3.8, 4) is 102 Å². The third-order valence-corrected chi connectivity index (χ3v) is 32.2. The van der Waals surface area contributed by atoms with Gasteiger partial charge in [-0.25, -0.2) is 29.9 Å². The molecule has 0 spiro atoms. The summed E-state index contributed by atoms with van der Waals surface area (Å²) in [6.45, 7) is 4.74. The Kier molecular flexibility index (Phi) is 18.7. The van der Waals surface area contributed by atoms with Crippen LogP contribution in [0.2, 0.25) is 0 Å². The highest BCUT2D eigenvalue weighted by atomic mass is 32.1. The van der Waals surface area contributed by atoms with Crippen molar-refractivity contribution in [2.75, 3.05) is 0 Å². The summed E-state index contributed by atoms with van der Waals surface area (Å²) in [6.07, 6.45) is 0. The minimum atomic E-state index is -0.0940. The number of rotatable bonds is 10. The Morgan fingerprint density at radius 2 is 0.587 bits per heavy atom. The van der Waals surface area contributed by atoms with E-state index >= 15 is 0 Å². The second-order valence-corrected chi connectivity index (χ2v) is 40.4. The summed E-state index contributed by atoms with van der Waals surface area (Å²) in [5.41, 5.74) is 30.3. The van der Waals surface area contributed by atoms with E-state index in [0.29, 0.717) is 0 Å². The first-order valence-electron chi connectivity index (χ1n) is 48.3. The maximum atomic E-state index is 6.50. The first-order valence-corrected chi connectivity index (χ1v) is 50.7. The van der Waals surface area contributed by atoms with Crippen molar-refractivity contribution in [1.82, 2.24) is 48.2 Å². The molecule has 0 radical (unpaired) electrons. The van der Waals surface area contributed by atoms with E-state index in [2.05, 4.69) is 457 Å². The van der Waals surface area contributed by atoms with Gasteiger partial charge in [0, 0.05) is 156 Å². The monoisotopic (exact) mass is 1880 g/mol. The van der Waals surface area contributed by atoms with Crippen LogP contribution in [0.1, 0.15) is 25.0 Å². The van der Waals surface area contributed by atoms with Gasteiger partial charge in [0.1, 0.15) is 25.7 Å². The molecular weight excluding hydrogens is 1800 g/mol. The van der Waals surface area contributed by atoms with Crippen molar-refractivity contribution in [3.63, 3.8) is 0 Å². The van der Waals surface area contributed by atoms with Gasteiger partial charge < -0.3 is 22.7 Å². The number of furan rings is 1. The highest BCUT2D eigenvalue weighted by Gasteiger charge is 2.39. The number of para-hydroxylation sites is 6. The molecule has 143 heavy (non-hydrogen) atoms. The molecule has 14 heteroatoms. The number of nitrogens with zero attached hydrogens (tertiary/aromatic N) is 10. The summed E-state index contributed by atoms with van der Waals surface area (Å²) in [7, 11) is 0. The molecule has 0 bridgehead atoms. The summed E-state index contributed by atoms with van der Waals surface area (Å²) >= 11 is 5.18. The van der Waals surface area contributed by atoms with Crippen molar-refractivity contribution in [1.29, 1.82) is 0 Å². The zero-order valence-electron chi connectivity index (χ0n) is 77.3. The van der Waals surface area contributed by atoms with Gasteiger partial charge in [-0.15, -0.1) is 34.0 Å². The van der Waals surface area contributed by atoms with Crippen LogP contribution in [-0.4, -0.2) is 48.2 Å². The Morgan fingerprint density at radius 3 is 1.10 bits per heavy atom. The lowest BCUT2D eigenvalue weighted by atomic mass is 9.80. The highest BCUT2D eigenvalue weighted by Crippen LogP contribution is 2.55. The van der Waals surface area contributed by atoms with Crippen molar-refractivity contribution in [2.45, 2.75) is 19.3 Å². The third-order valence-electron chi connectivity index (χ3n) is 29.0. The Bertz CT molecular complexity index is 10500. The zero-order valence-corrected chi connectivity index (χ0v) is 79.8. The molecule has 0 atom stereocenters. The minimum absolute atomic E-state index is 0.0940. The second kappa shape index (κ2) is 32.6. The van der Waals surface area contributed by atoms with Crippen LogP contribution in [0, 0.1) is 0 Å². The Labute approximate surface area is 831 Å². The molecule has 30 aromatic rings. The summed E-state index contributed by atoms with van der Waals surface area (Å²) in [6, 6.07) is 159. The molecule has 0 saturated heterocycles. The van der Waals surface area contributed by atoms with Crippen molar-refractivity contribution in [2.24, 2.45) is 0 Å². The summed E-state index contributed by atoms with van der Waals surface area (Å²) in [5.74, 6) is 2.19. The lowest BCUT2D eigenvalue weighted by Crippen LogP contribution is -2.15. The summed E-state index contributed by atoms with van der Waals surface area (Å²) in [4.78, 5) is 34.2. The Morgan fingerprint density at radius 1 is 0.224 bits per heavy atom. The Balaban J connectivity index is 0.000000102. The van der Waals surface area contributed by atoms with Crippen LogP contribution in [0.4, 0.5) is 0 Å². The predicted molar refractivity (Wildman–Crippen MR) is 600 cm³/mol. The molecule has 0 amide bonds. The van der Waals surface area contributed by atoms with Crippen LogP contribution in [0.25, 0.3) is 272 Å². The fraction of sp³-hybridized carbons (Fsp3) is 0.0233. The summed E-state index contributed by atoms with van der Waals surface area (Å²) in [5, 5.41) is 19.1. The molecule has 11 nitrogen and oxygen atoms in total. The van der Waals surface area contributed by atoms with Crippen molar-refractivity contribution >= 4 is 204 Å². The van der Waals surface area contributed by atoms with Crippen molar-refractivity contribution in [3.05, 3.63) is 460 Å². The molecule has 0 N–H and O–H groups in total. The normalized spacial score (nSPS) is 12.5. The van der Waals surface area contributed by atoms with Gasteiger partial charge in [0.25, 0.3) is 0 Å². The molecule has 670 valence electrons. The number of hydrogen-bond donors (Lipinski definition) is 0. The number of hydrogen-bond acceptors (Lipinski definition) is 10. The molecule has 0 fully saturated rings. The molecule has 0 saturated carbocycles. The van der Waals surface area contributed by atoms with Gasteiger partial charge in [-0.05, 0) is 168 Å². The third kappa shape index (κ3) is 12.9. The lowest BCUT2D eigenvalue weighted by Gasteiger charge is -2.22. The fourth-order valence-electron chi connectivity index (χ4n) is 22.7. The predicted octanol–water partition coefficient (Wildman–Crippen LogP) is 35.1. The molecule has 11 aromatic heterocycles. The van der Waals surface area contributed by atoms with E-state index in [1.807, 2.05) is 24.3 Å². The molecule has 1 aliphatic rings. The van der Waals surface area contributed by atoms with Gasteiger partial charge in [0.05, 0.1) is 66.6 Å². The second-order valence-electron chi connectivity index (χ2n) is 37.4. The van der Waals surface area contributed by atoms with Gasteiger partial charge in [0.2, 0.25) is 0 Å². The largest absolute Gasteiger partial charge is 0.455 e. The number of benzene rings is 19. The van der Waals surface area contributed by atoms with E-state index in [-0.39, 0.29) is 5.41 Å². The van der Waals surface area contributed by atoms with Crippen LogP contribution in [0.15, 0.2) is 453 Å². The average Bonchev–Trinajstić information content (AvgIpc) is 1.54. The number of aromatic nitrogens is 10. The first-order chi connectivity index (χ1) is 70.7. The van der Waals surface area contributed by atoms with Gasteiger partial charge in [0.15, 0.2) is 17.5 Å². The zero-order chi connectivity index (χ0) is 94.2.